The van der Waals surface area contributed by atoms with Crippen molar-refractivity contribution in [3.05, 3.63) is 0 Å². The average molecular weight is 232 g/mol. The summed E-state index contributed by atoms with van der Waals surface area (Å²) in [6.45, 7) is 6.98. The molecule has 1 heterocycles. The lowest BCUT2D eigenvalue weighted by Crippen LogP contribution is -2.59. The summed E-state index contributed by atoms with van der Waals surface area (Å²) in [6, 6.07) is 0. The van der Waals surface area contributed by atoms with Crippen LogP contribution in [0.5, 0.6) is 0 Å². The zero-order chi connectivity index (χ0) is 11.5. The van der Waals surface area contributed by atoms with Crippen LogP contribution in [0.2, 0.25) is 0 Å². The first kappa shape index (κ1) is 12.5. The first-order valence-electron chi connectivity index (χ1n) is 5.25. The highest BCUT2D eigenvalue weighted by molar-refractivity contribution is 6.58. The molecule has 5 nitrogen and oxygen atoms in total. The molecule has 0 aromatic rings. The van der Waals surface area contributed by atoms with Gasteiger partial charge in [0.2, 0.25) is 0 Å². The van der Waals surface area contributed by atoms with E-state index in [9.17, 15) is 9.90 Å². The summed E-state index contributed by atoms with van der Waals surface area (Å²) < 4.78 is 7.02. The number of aliphatic hydroxyl groups excluding tert-OH is 1. The number of rotatable bonds is 1. The molecule has 0 radical (unpaired) electrons. The largest absolute Gasteiger partial charge is 0.444 e. The molecule has 0 aromatic carbocycles. The van der Waals surface area contributed by atoms with E-state index in [1.54, 1.807) is 4.57 Å². The summed E-state index contributed by atoms with van der Waals surface area (Å²) in [4.78, 5) is 11.8. The maximum Gasteiger partial charge on any atom is 0.402 e. The third-order valence-corrected chi connectivity index (χ3v) is 4.72. The van der Waals surface area contributed by atoms with Crippen LogP contribution in [-0.4, -0.2) is 55.8 Å². The van der Waals surface area contributed by atoms with Gasteiger partial charge in [-0.15, -0.1) is 0 Å². The molecule has 1 saturated heterocycles. The molecule has 0 aromatic heterocycles. The van der Waals surface area contributed by atoms with Gasteiger partial charge in [0.05, 0.1) is 6.23 Å². The third-order valence-electron chi connectivity index (χ3n) is 2.19. The summed E-state index contributed by atoms with van der Waals surface area (Å²) in [5.74, 6) is 0. The third kappa shape index (κ3) is 3.81. The fourth-order valence-electron chi connectivity index (χ4n) is 1.48. The number of aliphatic hydroxyl groups is 1. The second-order valence-electron chi connectivity index (χ2n) is 4.71. The van der Waals surface area contributed by atoms with E-state index in [1.165, 1.54) is 0 Å². The smallest absolute Gasteiger partial charge is 0.402 e. The Kier molecular flexibility index (Phi) is 4.12. The standard InChI is InChI=1S/C9H20N2O3Si/c1-9(2,3)14-8(13)11-5-4-10-6-15(11)7-12/h10,12,15H,4-7H2,1-3H3/t15-/m0/s1. The van der Waals surface area contributed by atoms with Crippen LogP contribution in [0, 0.1) is 0 Å². The number of hydrogen-bond donors (Lipinski definition) is 2. The van der Waals surface area contributed by atoms with Crippen molar-refractivity contribution in [1.29, 1.82) is 0 Å². The van der Waals surface area contributed by atoms with Crippen molar-refractivity contribution in [1.82, 2.24) is 9.88 Å². The van der Waals surface area contributed by atoms with Gasteiger partial charge in [-0.3, -0.25) is 0 Å². The molecular formula is C9H20N2O3Si. The fourth-order valence-corrected chi connectivity index (χ4v) is 3.41. The van der Waals surface area contributed by atoms with Gasteiger partial charge in [0, 0.05) is 19.3 Å². The van der Waals surface area contributed by atoms with Crippen LogP contribution in [0.25, 0.3) is 0 Å². The van der Waals surface area contributed by atoms with Crippen molar-refractivity contribution in [2.75, 3.05) is 25.5 Å². The van der Waals surface area contributed by atoms with Gasteiger partial charge in [-0.25, -0.2) is 4.79 Å². The van der Waals surface area contributed by atoms with E-state index in [2.05, 4.69) is 5.32 Å². The first-order chi connectivity index (χ1) is 6.94. The minimum Gasteiger partial charge on any atom is -0.444 e. The highest BCUT2D eigenvalue weighted by Crippen LogP contribution is 2.11. The van der Waals surface area contributed by atoms with E-state index >= 15 is 0 Å². The van der Waals surface area contributed by atoms with Crippen molar-refractivity contribution in [3.63, 3.8) is 0 Å². The minimum atomic E-state index is -1.56. The highest BCUT2D eigenvalue weighted by Gasteiger charge is 2.30. The van der Waals surface area contributed by atoms with E-state index in [0.29, 0.717) is 6.54 Å². The van der Waals surface area contributed by atoms with Gasteiger partial charge in [-0.05, 0) is 20.8 Å². The normalized spacial score (nSPS) is 22.7. The predicted molar refractivity (Wildman–Crippen MR) is 60.0 cm³/mol. The van der Waals surface area contributed by atoms with E-state index in [4.69, 9.17) is 4.74 Å². The van der Waals surface area contributed by atoms with Crippen LogP contribution in [0.1, 0.15) is 20.8 Å². The second-order valence-corrected chi connectivity index (χ2v) is 7.42. The Labute approximate surface area is 92.1 Å². The maximum absolute atomic E-state index is 11.8. The number of carbonyl (C=O) groups is 1. The fraction of sp³-hybridized carbons (Fsp3) is 0.889. The van der Waals surface area contributed by atoms with Crippen LogP contribution in [0.4, 0.5) is 4.79 Å². The van der Waals surface area contributed by atoms with Crippen LogP contribution < -0.4 is 5.32 Å². The topological polar surface area (TPSA) is 61.8 Å². The van der Waals surface area contributed by atoms with Gasteiger partial charge in [-0.1, -0.05) is 0 Å². The van der Waals surface area contributed by atoms with Crippen LogP contribution >= 0.6 is 0 Å². The zero-order valence-corrected chi connectivity index (χ0v) is 10.8. The molecule has 15 heavy (non-hydrogen) atoms. The average Bonchev–Trinajstić information content (AvgIpc) is 2.15. The Balaban J connectivity index is 2.56. The molecule has 1 amide bonds. The number of amides is 1. The molecule has 1 aliphatic heterocycles. The molecule has 0 unspecified atom stereocenters. The summed E-state index contributed by atoms with van der Waals surface area (Å²) >= 11 is 0. The Morgan fingerprint density at radius 3 is 2.80 bits per heavy atom. The van der Waals surface area contributed by atoms with E-state index < -0.39 is 14.6 Å². The van der Waals surface area contributed by atoms with Crippen LogP contribution in [0.3, 0.4) is 0 Å². The lowest BCUT2D eigenvalue weighted by atomic mass is 10.2. The number of nitrogens with zero attached hydrogens (tertiary/aromatic N) is 1. The van der Waals surface area contributed by atoms with Crippen molar-refractivity contribution in [3.8, 4) is 0 Å². The molecule has 0 aliphatic carbocycles. The number of ether oxygens (including phenoxy) is 1. The van der Waals surface area contributed by atoms with Gasteiger partial charge in [0.15, 0.2) is 8.96 Å². The number of nitrogens with one attached hydrogen (secondary N) is 1. The summed E-state index contributed by atoms with van der Waals surface area (Å²) in [5, 5.41) is 12.4. The molecule has 6 heteroatoms. The van der Waals surface area contributed by atoms with Gasteiger partial charge >= 0.3 is 6.09 Å². The number of carbonyl (C=O) groups excluding carboxylic acids is 1. The SMILES string of the molecule is CC(C)(C)OC(=O)N1CCNC[Si@H]1CO. The van der Waals surface area contributed by atoms with E-state index in [-0.39, 0.29) is 12.3 Å². The zero-order valence-electron chi connectivity index (χ0n) is 9.62. The molecule has 2 N–H and O–H groups in total. The Hall–Kier alpha value is -0.593. The van der Waals surface area contributed by atoms with Gasteiger partial charge < -0.3 is 19.7 Å². The molecule has 0 saturated carbocycles. The molecule has 1 atom stereocenters. The minimum absolute atomic E-state index is 0.103. The lowest BCUT2D eigenvalue weighted by Gasteiger charge is -2.35. The Bertz CT molecular complexity index is 230. The van der Waals surface area contributed by atoms with Crippen LogP contribution in [-0.2, 0) is 4.74 Å². The lowest BCUT2D eigenvalue weighted by molar-refractivity contribution is 0.0367. The molecule has 1 aliphatic rings. The number of hydrogen-bond acceptors (Lipinski definition) is 4. The Morgan fingerprint density at radius 1 is 1.60 bits per heavy atom. The van der Waals surface area contributed by atoms with E-state index in [0.717, 1.165) is 12.7 Å². The molecule has 0 bridgehead atoms. The molecular weight excluding hydrogens is 212 g/mol. The summed E-state index contributed by atoms with van der Waals surface area (Å²) in [5.41, 5.74) is -0.462. The summed E-state index contributed by atoms with van der Waals surface area (Å²) in [6.07, 6.45) is 0.580. The molecule has 88 valence electrons. The molecule has 1 rings (SSSR count). The van der Waals surface area contributed by atoms with Gasteiger partial charge in [-0.2, -0.15) is 0 Å². The van der Waals surface area contributed by atoms with Gasteiger partial charge in [0.1, 0.15) is 5.60 Å². The molecule has 1 fully saturated rings. The van der Waals surface area contributed by atoms with Gasteiger partial charge in [0.25, 0.3) is 0 Å². The van der Waals surface area contributed by atoms with E-state index in [1.807, 2.05) is 20.8 Å². The summed E-state index contributed by atoms with van der Waals surface area (Å²) in [7, 11) is -1.56. The maximum atomic E-state index is 11.8. The van der Waals surface area contributed by atoms with Crippen molar-refractivity contribution in [2.45, 2.75) is 26.4 Å². The second kappa shape index (κ2) is 4.96. The quantitative estimate of drug-likeness (QED) is 0.605. The van der Waals surface area contributed by atoms with Crippen molar-refractivity contribution >= 4 is 15.1 Å². The Morgan fingerprint density at radius 2 is 2.27 bits per heavy atom. The predicted octanol–water partition coefficient (Wildman–Crippen LogP) is -0.379. The highest BCUT2D eigenvalue weighted by atomic mass is 28.3. The van der Waals surface area contributed by atoms with Crippen LogP contribution in [0.15, 0.2) is 0 Å². The van der Waals surface area contributed by atoms with Crippen molar-refractivity contribution < 1.29 is 14.6 Å². The first-order valence-corrected chi connectivity index (χ1v) is 7.40. The van der Waals surface area contributed by atoms with Crippen molar-refractivity contribution in [2.24, 2.45) is 0 Å². The molecule has 0 spiro atoms. The monoisotopic (exact) mass is 232 g/mol.